The van der Waals surface area contributed by atoms with E-state index in [0.29, 0.717) is 5.39 Å². The molecule has 1 amide bonds. The van der Waals surface area contributed by atoms with Crippen molar-refractivity contribution >= 4 is 22.9 Å². The van der Waals surface area contributed by atoms with Crippen LogP contribution >= 0.6 is 0 Å². The van der Waals surface area contributed by atoms with Crippen LogP contribution in [0.5, 0.6) is 11.6 Å². The van der Waals surface area contributed by atoms with E-state index in [9.17, 15) is 19.8 Å². The summed E-state index contributed by atoms with van der Waals surface area (Å²) in [6, 6.07) is 8.12. The number of hydrogen-bond donors (Lipinski definition) is 3. The van der Waals surface area contributed by atoms with Crippen LogP contribution in [0.3, 0.4) is 0 Å². The van der Waals surface area contributed by atoms with Gasteiger partial charge in [-0.05, 0) is 25.1 Å². The van der Waals surface area contributed by atoms with E-state index in [-0.39, 0.29) is 46.4 Å². The summed E-state index contributed by atoms with van der Waals surface area (Å²) in [5.74, 6) is -0.290. The van der Waals surface area contributed by atoms with Gasteiger partial charge in [0.05, 0.1) is 17.6 Å². The summed E-state index contributed by atoms with van der Waals surface area (Å²) in [6.45, 7) is 1.80. The Hall–Kier alpha value is -3.55. The van der Waals surface area contributed by atoms with Crippen molar-refractivity contribution in [1.82, 2.24) is 4.98 Å². The number of nitrogens with one attached hydrogen (secondary N) is 1. The molecule has 128 valence electrons. The molecule has 25 heavy (non-hydrogen) atoms. The van der Waals surface area contributed by atoms with Crippen molar-refractivity contribution < 1.29 is 24.2 Å². The van der Waals surface area contributed by atoms with Crippen molar-refractivity contribution in [3.05, 3.63) is 46.6 Å². The van der Waals surface area contributed by atoms with Crippen LogP contribution in [0.25, 0.3) is 22.3 Å². The van der Waals surface area contributed by atoms with Crippen molar-refractivity contribution in [1.29, 1.82) is 0 Å². The topological polar surface area (TPSA) is 122 Å². The molecule has 8 nitrogen and oxygen atoms in total. The third kappa shape index (κ3) is 3.37. The van der Waals surface area contributed by atoms with E-state index in [4.69, 9.17) is 9.15 Å². The number of nitrogens with zero attached hydrogens (tertiary/aromatic N) is 1. The van der Waals surface area contributed by atoms with Crippen molar-refractivity contribution in [2.24, 2.45) is 0 Å². The highest BCUT2D eigenvalue weighted by molar-refractivity contribution is 5.89. The molecule has 0 bridgehead atoms. The molecule has 3 N–H and O–H groups in total. The zero-order valence-corrected chi connectivity index (χ0v) is 13.1. The Bertz CT molecular complexity index is 1010. The summed E-state index contributed by atoms with van der Waals surface area (Å²) in [4.78, 5) is 27.7. The second-order valence-electron chi connectivity index (χ2n) is 5.07. The molecule has 0 spiro atoms. The lowest BCUT2D eigenvalue weighted by Crippen LogP contribution is -2.15. The maximum absolute atomic E-state index is 12.3. The van der Waals surface area contributed by atoms with E-state index in [1.807, 2.05) is 0 Å². The molecule has 2 heterocycles. The molecule has 2 aromatic heterocycles. The van der Waals surface area contributed by atoms with Gasteiger partial charge in [-0.3, -0.25) is 10.1 Å². The van der Waals surface area contributed by atoms with Crippen LogP contribution < -0.4 is 10.7 Å². The number of aromatic hydroxyl groups is 2. The number of fused-ring (bicyclic) bond motifs is 1. The van der Waals surface area contributed by atoms with Crippen LogP contribution in [0, 0.1) is 0 Å². The minimum atomic E-state index is -0.761. The number of phenols is 1. The number of pyridine rings is 1. The first-order valence-electron chi connectivity index (χ1n) is 7.39. The number of benzene rings is 1. The summed E-state index contributed by atoms with van der Waals surface area (Å²) >= 11 is 0. The molecule has 0 saturated carbocycles. The Morgan fingerprint density at radius 3 is 2.80 bits per heavy atom. The average molecular weight is 342 g/mol. The molecule has 0 aliphatic rings. The summed E-state index contributed by atoms with van der Waals surface area (Å²) in [5.41, 5.74) is 0.122. The van der Waals surface area contributed by atoms with Gasteiger partial charge in [0.15, 0.2) is 5.43 Å². The number of aromatic nitrogens is 1. The highest BCUT2D eigenvalue weighted by atomic mass is 16.5. The molecule has 0 saturated heterocycles. The van der Waals surface area contributed by atoms with Crippen LogP contribution in [0.2, 0.25) is 0 Å². The number of rotatable bonds is 3. The number of ether oxygens (including phenoxy) is 1. The number of carbonyl (C=O) groups is 1. The lowest BCUT2D eigenvalue weighted by Gasteiger charge is -2.10. The maximum atomic E-state index is 12.3. The van der Waals surface area contributed by atoms with E-state index < -0.39 is 6.09 Å². The highest BCUT2D eigenvalue weighted by Crippen LogP contribution is 2.30. The minimum absolute atomic E-state index is 0.0268. The fraction of sp³-hybridized carbons (Fsp3) is 0.118. The normalized spacial score (nSPS) is 10.6. The molecule has 8 heteroatoms. The summed E-state index contributed by atoms with van der Waals surface area (Å²) < 4.78 is 10.4. The molecular formula is C17H14N2O6. The third-order valence-electron chi connectivity index (χ3n) is 3.35. The smallest absolute Gasteiger partial charge is 0.412 e. The van der Waals surface area contributed by atoms with Crippen molar-refractivity contribution in [3.8, 4) is 23.0 Å². The summed E-state index contributed by atoms with van der Waals surface area (Å²) in [7, 11) is 0. The number of carbonyl (C=O) groups excluding carboxylic acids is 1. The molecule has 0 fully saturated rings. The van der Waals surface area contributed by atoms with Crippen molar-refractivity contribution in [2.45, 2.75) is 6.92 Å². The molecule has 0 unspecified atom stereocenters. The van der Waals surface area contributed by atoms with E-state index >= 15 is 0 Å². The zero-order valence-electron chi connectivity index (χ0n) is 13.1. The predicted molar refractivity (Wildman–Crippen MR) is 89.7 cm³/mol. The van der Waals surface area contributed by atoms with Gasteiger partial charge in [-0.2, -0.15) is 4.98 Å². The Morgan fingerprint density at radius 2 is 2.04 bits per heavy atom. The average Bonchev–Trinajstić information content (AvgIpc) is 2.54. The van der Waals surface area contributed by atoms with Crippen LogP contribution in [-0.4, -0.2) is 27.9 Å². The Labute approximate surface area is 141 Å². The first kappa shape index (κ1) is 16.3. The number of hydrogen-bond acceptors (Lipinski definition) is 7. The Morgan fingerprint density at radius 1 is 1.24 bits per heavy atom. The number of amides is 1. The molecule has 0 atom stereocenters. The van der Waals surface area contributed by atoms with Crippen molar-refractivity contribution in [3.63, 3.8) is 0 Å². The monoisotopic (exact) mass is 342 g/mol. The lowest BCUT2D eigenvalue weighted by molar-refractivity contribution is 0.168. The molecule has 1 aromatic carbocycles. The van der Waals surface area contributed by atoms with Gasteiger partial charge in [0, 0.05) is 18.2 Å². The highest BCUT2D eigenvalue weighted by Gasteiger charge is 2.15. The van der Waals surface area contributed by atoms with E-state index in [0.717, 1.165) is 0 Å². The quantitative estimate of drug-likeness (QED) is 0.669. The van der Waals surface area contributed by atoms with Crippen molar-refractivity contribution in [2.75, 3.05) is 11.9 Å². The minimum Gasteiger partial charge on any atom is -0.508 e. The van der Waals surface area contributed by atoms with Crippen LogP contribution in [0.4, 0.5) is 10.6 Å². The summed E-state index contributed by atoms with van der Waals surface area (Å²) in [6.07, 6.45) is -0.761. The molecule has 3 rings (SSSR count). The van der Waals surface area contributed by atoms with E-state index in [1.165, 1.54) is 36.4 Å². The van der Waals surface area contributed by atoms with E-state index in [2.05, 4.69) is 10.3 Å². The Kier molecular flexibility index (Phi) is 4.25. The summed E-state index contributed by atoms with van der Waals surface area (Å²) in [5, 5.41) is 21.8. The number of anilines is 1. The van der Waals surface area contributed by atoms with Crippen LogP contribution in [-0.2, 0) is 4.74 Å². The van der Waals surface area contributed by atoms with Gasteiger partial charge in [-0.25, -0.2) is 4.79 Å². The van der Waals surface area contributed by atoms with E-state index in [1.54, 1.807) is 6.92 Å². The third-order valence-corrected chi connectivity index (χ3v) is 3.35. The Balaban J connectivity index is 2.14. The second-order valence-corrected chi connectivity index (χ2v) is 5.07. The van der Waals surface area contributed by atoms with Gasteiger partial charge >= 0.3 is 6.09 Å². The first-order valence-corrected chi connectivity index (χ1v) is 7.39. The fourth-order valence-corrected chi connectivity index (χ4v) is 2.28. The molecule has 0 aliphatic heterocycles. The van der Waals surface area contributed by atoms with Crippen LogP contribution in [0.1, 0.15) is 6.92 Å². The van der Waals surface area contributed by atoms with Gasteiger partial charge in [0.1, 0.15) is 22.9 Å². The predicted octanol–water partition coefficient (Wildman–Crippen LogP) is 2.83. The molecule has 3 aromatic rings. The zero-order chi connectivity index (χ0) is 18.0. The second kappa shape index (κ2) is 6.52. The molecule has 0 aliphatic carbocycles. The van der Waals surface area contributed by atoms with Gasteiger partial charge < -0.3 is 19.4 Å². The molecular weight excluding hydrogens is 328 g/mol. The maximum Gasteiger partial charge on any atom is 0.412 e. The standard InChI is InChI=1S/C17H14N2O6/c1-2-24-17(23)19-16-11(5-6-15(22)18-16)14-8-12(21)10-4-3-9(20)7-13(10)25-14/h3-8,20H,2H2,1H3,(H2,18,19,22,23). The van der Waals surface area contributed by atoms with Gasteiger partial charge in [0.2, 0.25) is 5.88 Å². The number of phenolic OH excluding ortho intramolecular Hbond substituents is 1. The van der Waals surface area contributed by atoms with Gasteiger partial charge in [-0.1, -0.05) is 0 Å². The van der Waals surface area contributed by atoms with Crippen LogP contribution in [0.15, 0.2) is 45.6 Å². The first-order chi connectivity index (χ1) is 12.0. The fourth-order valence-electron chi connectivity index (χ4n) is 2.28. The molecule has 0 radical (unpaired) electrons. The largest absolute Gasteiger partial charge is 0.508 e. The SMILES string of the molecule is CCOC(=O)Nc1nc(O)ccc1-c1cc(=O)c2ccc(O)cc2o1. The van der Waals surface area contributed by atoms with Gasteiger partial charge in [-0.15, -0.1) is 0 Å². The lowest BCUT2D eigenvalue weighted by atomic mass is 10.1. The van der Waals surface area contributed by atoms with Gasteiger partial charge in [0.25, 0.3) is 0 Å².